The number of amides is 1. The van der Waals surface area contributed by atoms with Gasteiger partial charge in [-0.1, -0.05) is 37.6 Å². The minimum atomic E-state index is -4.95. The number of nitrogens with one attached hydrogen (secondary N) is 1. The van der Waals surface area contributed by atoms with Gasteiger partial charge in [0.1, 0.15) is 34.2 Å². The number of carbonyl (C=O) groups is 2. The molecule has 1 saturated heterocycles. The number of halogens is 3. The van der Waals surface area contributed by atoms with E-state index < -0.39 is 40.1 Å². The second-order valence-electron chi connectivity index (χ2n) is 10.5. The molecule has 0 radical (unpaired) electrons. The molecule has 0 unspecified atom stereocenters. The number of hydrogen-bond acceptors (Lipinski definition) is 9. The minimum absolute atomic E-state index is 0.0465. The van der Waals surface area contributed by atoms with E-state index in [9.17, 15) is 36.3 Å². The SMILES string of the molecule is CCCc1ccc(CNC(=O)[C@H]2CN(c3cnc4cncc(C(=O)O)c4n3)CCN2S(=O)(=O)c2ccc(OC(F)(F)F)cc2)cc1. The zero-order valence-electron chi connectivity index (χ0n) is 24.4. The highest BCUT2D eigenvalue weighted by Gasteiger charge is 2.41. The number of fused-ring (bicyclic) bond motifs is 1. The van der Waals surface area contributed by atoms with Crippen molar-refractivity contribution >= 4 is 38.8 Å². The number of carbonyl (C=O) groups excluding carboxylic acids is 1. The summed E-state index contributed by atoms with van der Waals surface area (Å²) < 4.78 is 70.3. The lowest BCUT2D eigenvalue weighted by Crippen LogP contribution is -2.60. The van der Waals surface area contributed by atoms with E-state index in [1.165, 1.54) is 12.4 Å². The van der Waals surface area contributed by atoms with Gasteiger partial charge in [0.25, 0.3) is 0 Å². The molecule has 1 aliphatic rings. The fourth-order valence-electron chi connectivity index (χ4n) is 5.08. The Hall–Kier alpha value is -4.83. The maximum absolute atomic E-state index is 13.8. The van der Waals surface area contributed by atoms with Crippen molar-refractivity contribution in [3.05, 3.63) is 83.8 Å². The topological polar surface area (TPSA) is 155 Å². The van der Waals surface area contributed by atoms with Gasteiger partial charge in [0.2, 0.25) is 15.9 Å². The number of aromatic nitrogens is 3. The van der Waals surface area contributed by atoms with Crippen molar-refractivity contribution in [2.24, 2.45) is 0 Å². The molecule has 0 spiro atoms. The first-order valence-corrected chi connectivity index (χ1v) is 15.6. The largest absolute Gasteiger partial charge is 0.573 e. The van der Waals surface area contributed by atoms with Crippen LogP contribution in [0.2, 0.25) is 0 Å². The molecule has 3 heterocycles. The lowest BCUT2D eigenvalue weighted by molar-refractivity contribution is -0.274. The van der Waals surface area contributed by atoms with Crippen molar-refractivity contribution < 1.29 is 41.0 Å². The Balaban J connectivity index is 1.43. The van der Waals surface area contributed by atoms with Crippen LogP contribution in [0.5, 0.6) is 5.75 Å². The summed E-state index contributed by atoms with van der Waals surface area (Å²) >= 11 is 0. The zero-order chi connectivity index (χ0) is 33.1. The molecular formula is C30H29F3N6O6S. The van der Waals surface area contributed by atoms with Crippen LogP contribution in [-0.4, -0.2) is 76.7 Å². The standard InChI is InChI=1S/C30H29F3N6O6S/c1-2-3-19-4-6-20(7-5-19)14-36-28(40)25-18-38(26-17-35-24-16-34-15-23(29(41)42)27(24)37-26)12-13-39(25)46(43,44)22-10-8-21(9-11-22)45-30(31,32)33/h4-11,15-17,25H,2-3,12-14,18H2,1H3,(H,36,40)(H,41,42)/t25-/m1/s1. The highest BCUT2D eigenvalue weighted by atomic mass is 32.2. The van der Waals surface area contributed by atoms with Crippen LogP contribution in [0.4, 0.5) is 19.0 Å². The first kappa shape index (κ1) is 32.6. The molecular weight excluding hydrogens is 629 g/mol. The van der Waals surface area contributed by atoms with Gasteiger partial charge in [-0.2, -0.15) is 4.31 Å². The van der Waals surface area contributed by atoms with Gasteiger partial charge in [-0.05, 0) is 41.8 Å². The Morgan fingerprint density at radius 1 is 1.02 bits per heavy atom. The fourth-order valence-corrected chi connectivity index (χ4v) is 6.65. The number of carboxylic acid groups (broad SMARTS) is 1. The number of anilines is 1. The molecule has 242 valence electrons. The van der Waals surface area contributed by atoms with Gasteiger partial charge in [-0.25, -0.2) is 23.2 Å². The van der Waals surface area contributed by atoms with Crippen LogP contribution in [0.15, 0.2) is 72.0 Å². The lowest BCUT2D eigenvalue weighted by atomic mass is 10.1. The van der Waals surface area contributed by atoms with Crippen molar-refractivity contribution in [1.29, 1.82) is 0 Å². The van der Waals surface area contributed by atoms with E-state index in [-0.39, 0.29) is 53.5 Å². The summed E-state index contributed by atoms with van der Waals surface area (Å²) in [5.74, 6) is -2.25. The average Bonchev–Trinajstić information content (AvgIpc) is 3.03. The van der Waals surface area contributed by atoms with E-state index >= 15 is 0 Å². The summed E-state index contributed by atoms with van der Waals surface area (Å²) in [6.07, 6.45) is 0.814. The third-order valence-electron chi connectivity index (χ3n) is 7.32. The number of sulfonamides is 1. The molecule has 2 aromatic carbocycles. The average molecular weight is 659 g/mol. The van der Waals surface area contributed by atoms with E-state index in [2.05, 4.69) is 31.9 Å². The number of alkyl halides is 3. The van der Waals surface area contributed by atoms with Crippen LogP contribution in [0, 0.1) is 0 Å². The van der Waals surface area contributed by atoms with E-state index in [1.807, 2.05) is 24.3 Å². The van der Waals surface area contributed by atoms with Crippen LogP contribution in [0.25, 0.3) is 11.0 Å². The molecule has 12 nitrogen and oxygen atoms in total. The summed E-state index contributed by atoms with van der Waals surface area (Å²) in [5.41, 5.74) is 2.07. The molecule has 4 aromatic rings. The van der Waals surface area contributed by atoms with Crippen LogP contribution in [0.3, 0.4) is 0 Å². The highest BCUT2D eigenvalue weighted by Crippen LogP contribution is 2.28. The Kier molecular flexibility index (Phi) is 9.39. The number of aryl methyl sites for hydroxylation is 1. The maximum Gasteiger partial charge on any atom is 0.573 e. The van der Waals surface area contributed by atoms with E-state index in [4.69, 9.17) is 0 Å². The van der Waals surface area contributed by atoms with Crippen molar-refractivity contribution in [2.45, 2.75) is 43.6 Å². The second kappa shape index (κ2) is 13.3. The van der Waals surface area contributed by atoms with Gasteiger partial charge in [0.05, 0.1) is 17.3 Å². The Labute approximate surface area is 261 Å². The molecule has 2 aromatic heterocycles. The molecule has 0 saturated carbocycles. The highest BCUT2D eigenvalue weighted by molar-refractivity contribution is 7.89. The Bertz CT molecular complexity index is 1840. The van der Waals surface area contributed by atoms with Gasteiger partial charge in [0, 0.05) is 32.4 Å². The van der Waals surface area contributed by atoms with Gasteiger partial charge in [-0.15, -0.1) is 13.2 Å². The number of ether oxygens (including phenoxy) is 1. The molecule has 46 heavy (non-hydrogen) atoms. The summed E-state index contributed by atoms with van der Waals surface area (Å²) in [5, 5.41) is 12.4. The van der Waals surface area contributed by atoms with Crippen molar-refractivity contribution in [2.75, 3.05) is 24.5 Å². The number of benzene rings is 2. The summed E-state index contributed by atoms with van der Waals surface area (Å²) in [7, 11) is -4.38. The molecule has 1 atom stereocenters. The van der Waals surface area contributed by atoms with E-state index in [0.29, 0.717) is 0 Å². The smallest absolute Gasteiger partial charge is 0.478 e. The summed E-state index contributed by atoms with van der Waals surface area (Å²) in [6, 6.07) is 10.1. The molecule has 1 amide bonds. The van der Waals surface area contributed by atoms with Crippen molar-refractivity contribution in [3.8, 4) is 5.75 Å². The number of hydrogen-bond donors (Lipinski definition) is 2. The molecule has 2 N–H and O–H groups in total. The molecule has 0 bridgehead atoms. The van der Waals surface area contributed by atoms with Gasteiger partial charge in [0.15, 0.2) is 0 Å². The van der Waals surface area contributed by atoms with Crippen LogP contribution >= 0.6 is 0 Å². The number of piperazine rings is 1. The minimum Gasteiger partial charge on any atom is -0.478 e. The number of rotatable bonds is 10. The Morgan fingerprint density at radius 2 is 1.72 bits per heavy atom. The molecule has 16 heteroatoms. The van der Waals surface area contributed by atoms with Crippen LogP contribution in [-0.2, 0) is 27.8 Å². The number of pyridine rings is 1. The Morgan fingerprint density at radius 3 is 2.37 bits per heavy atom. The molecule has 5 rings (SSSR count). The number of carboxylic acids is 1. The summed E-state index contributed by atoms with van der Waals surface area (Å²) in [4.78, 5) is 39.3. The second-order valence-corrected chi connectivity index (χ2v) is 12.4. The number of aromatic carboxylic acids is 1. The maximum atomic E-state index is 13.8. The van der Waals surface area contributed by atoms with Gasteiger partial charge < -0.3 is 20.1 Å². The molecule has 1 aliphatic heterocycles. The van der Waals surface area contributed by atoms with Crippen LogP contribution < -0.4 is 15.0 Å². The zero-order valence-corrected chi connectivity index (χ0v) is 25.3. The predicted molar refractivity (Wildman–Crippen MR) is 160 cm³/mol. The van der Waals surface area contributed by atoms with Crippen LogP contribution in [0.1, 0.15) is 34.8 Å². The van der Waals surface area contributed by atoms with E-state index in [0.717, 1.165) is 58.7 Å². The van der Waals surface area contributed by atoms with Gasteiger partial charge in [-0.3, -0.25) is 9.78 Å². The summed E-state index contributed by atoms with van der Waals surface area (Å²) in [6.45, 7) is 1.85. The van der Waals surface area contributed by atoms with E-state index in [1.54, 1.807) is 4.90 Å². The molecule has 0 aliphatic carbocycles. The van der Waals surface area contributed by atoms with Gasteiger partial charge >= 0.3 is 12.3 Å². The number of nitrogens with zero attached hydrogens (tertiary/aromatic N) is 5. The van der Waals surface area contributed by atoms with Crippen molar-refractivity contribution in [3.63, 3.8) is 0 Å². The third kappa shape index (κ3) is 7.34. The first-order chi connectivity index (χ1) is 21.9. The van der Waals surface area contributed by atoms with Crippen molar-refractivity contribution in [1.82, 2.24) is 24.6 Å². The fraction of sp³-hybridized carbons (Fsp3) is 0.300. The lowest BCUT2D eigenvalue weighted by Gasteiger charge is -2.40. The quantitative estimate of drug-likeness (QED) is 0.257. The normalized spacial score (nSPS) is 15.9. The first-order valence-electron chi connectivity index (χ1n) is 14.2. The predicted octanol–water partition coefficient (Wildman–Crippen LogP) is 3.77. The third-order valence-corrected chi connectivity index (χ3v) is 9.25. The monoisotopic (exact) mass is 658 g/mol. The molecule has 1 fully saturated rings.